The fourth-order valence-electron chi connectivity index (χ4n) is 0.912. The van der Waals surface area contributed by atoms with Crippen molar-refractivity contribution in [3.8, 4) is 0 Å². The van der Waals surface area contributed by atoms with Crippen molar-refractivity contribution < 1.29 is 9.90 Å². The summed E-state index contributed by atoms with van der Waals surface area (Å²) in [6.45, 7) is 3.34. The van der Waals surface area contributed by atoms with Crippen LogP contribution in [0.3, 0.4) is 0 Å². The maximum absolute atomic E-state index is 10.8. The van der Waals surface area contributed by atoms with Crippen LogP contribution >= 0.6 is 0 Å². The summed E-state index contributed by atoms with van der Waals surface area (Å²) in [5.74, 6) is 0.0674. The van der Waals surface area contributed by atoms with Gasteiger partial charge in [0.2, 0.25) is 5.91 Å². The summed E-state index contributed by atoms with van der Waals surface area (Å²) in [5, 5.41) is 14.8. The molecule has 4 nitrogen and oxygen atoms in total. The zero-order valence-corrected chi connectivity index (χ0v) is 8.47. The summed E-state index contributed by atoms with van der Waals surface area (Å²) >= 11 is 0. The molecule has 0 saturated carbocycles. The highest BCUT2D eigenvalue weighted by atomic mass is 16.3. The second-order valence-electron chi connectivity index (χ2n) is 3.04. The lowest BCUT2D eigenvalue weighted by molar-refractivity contribution is -0.120. The molecule has 1 unspecified atom stereocenters. The number of hydrogen-bond donors (Lipinski definition) is 3. The van der Waals surface area contributed by atoms with Crippen LogP contribution in [0.2, 0.25) is 0 Å². The van der Waals surface area contributed by atoms with Crippen LogP contribution in [0.1, 0.15) is 26.2 Å². The van der Waals surface area contributed by atoms with E-state index in [0.29, 0.717) is 13.0 Å². The Morgan fingerprint density at radius 3 is 2.77 bits per heavy atom. The third kappa shape index (κ3) is 7.74. The van der Waals surface area contributed by atoms with Gasteiger partial charge in [0.15, 0.2) is 0 Å². The van der Waals surface area contributed by atoms with E-state index >= 15 is 0 Å². The Balaban J connectivity index is 3.12. The highest BCUT2D eigenvalue weighted by Gasteiger charge is 2.00. The van der Waals surface area contributed by atoms with Crippen molar-refractivity contribution in [1.29, 1.82) is 0 Å². The van der Waals surface area contributed by atoms with Crippen molar-refractivity contribution in [2.45, 2.75) is 32.3 Å². The summed E-state index contributed by atoms with van der Waals surface area (Å²) < 4.78 is 0. The molecule has 0 saturated heterocycles. The van der Waals surface area contributed by atoms with E-state index in [9.17, 15) is 9.90 Å². The zero-order valence-electron chi connectivity index (χ0n) is 8.47. The van der Waals surface area contributed by atoms with Gasteiger partial charge in [-0.15, -0.1) is 0 Å². The fourth-order valence-corrected chi connectivity index (χ4v) is 0.912. The largest absolute Gasteiger partial charge is 0.392 e. The number of carbonyl (C=O) groups excluding carboxylic acids is 1. The monoisotopic (exact) mass is 188 g/mol. The molecule has 0 radical (unpaired) electrons. The average Bonchev–Trinajstić information content (AvgIpc) is 2.16. The van der Waals surface area contributed by atoms with Gasteiger partial charge < -0.3 is 15.7 Å². The molecule has 0 aromatic rings. The van der Waals surface area contributed by atoms with Crippen molar-refractivity contribution in [1.82, 2.24) is 10.6 Å². The molecular formula is C9H20N2O2. The van der Waals surface area contributed by atoms with Gasteiger partial charge in [-0.3, -0.25) is 4.79 Å². The first-order chi connectivity index (χ1) is 6.20. The predicted molar refractivity (Wildman–Crippen MR) is 52.5 cm³/mol. The Bertz CT molecular complexity index is 140. The Kier molecular flexibility index (Phi) is 7.63. The Hall–Kier alpha value is -0.610. The third-order valence-electron chi connectivity index (χ3n) is 1.89. The van der Waals surface area contributed by atoms with Gasteiger partial charge in [0.1, 0.15) is 0 Å². The van der Waals surface area contributed by atoms with Crippen molar-refractivity contribution >= 4 is 5.91 Å². The van der Waals surface area contributed by atoms with Crippen molar-refractivity contribution in [3.63, 3.8) is 0 Å². The lowest BCUT2D eigenvalue weighted by atomic mass is 10.2. The molecule has 0 heterocycles. The van der Waals surface area contributed by atoms with Gasteiger partial charge in [0, 0.05) is 20.0 Å². The fraction of sp³-hybridized carbons (Fsp3) is 0.889. The van der Waals surface area contributed by atoms with Gasteiger partial charge in [0.25, 0.3) is 0 Å². The summed E-state index contributed by atoms with van der Waals surface area (Å²) in [5.41, 5.74) is 0. The first-order valence-electron chi connectivity index (χ1n) is 4.80. The minimum Gasteiger partial charge on any atom is -0.392 e. The van der Waals surface area contributed by atoms with Crippen LogP contribution in [0.15, 0.2) is 0 Å². The molecule has 13 heavy (non-hydrogen) atoms. The van der Waals surface area contributed by atoms with Crippen molar-refractivity contribution in [2.75, 3.05) is 20.1 Å². The molecule has 0 spiro atoms. The minimum absolute atomic E-state index is 0.0674. The molecule has 3 N–H and O–H groups in total. The van der Waals surface area contributed by atoms with Gasteiger partial charge in [-0.2, -0.15) is 0 Å². The standard InChI is InChI=1S/C9H20N2O2/c1-3-8(12)7-11-6-4-5-9(13)10-2/h8,11-12H,3-7H2,1-2H3,(H,10,13). The first kappa shape index (κ1) is 12.4. The number of hydrogen-bond acceptors (Lipinski definition) is 3. The van der Waals surface area contributed by atoms with Crippen LogP contribution in [0.5, 0.6) is 0 Å². The summed E-state index contributed by atoms with van der Waals surface area (Å²) in [4.78, 5) is 10.8. The van der Waals surface area contributed by atoms with E-state index in [0.717, 1.165) is 19.4 Å². The maximum atomic E-state index is 10.8. The zero-order chi connectivity index (χ0) is 10.1. The van der Waals surface area contributed by atoms with Gasteiger partial charge in [0.05, 0.1) is 6.10 Å². The van der Waals surface area contributed by atoms with Gasteiger partial charge in [-0.25, -0.2) is 0 Å². The number of aliphatic hydroxyl groups excluding tert-OH is 1. The van der Waals surface area contributed by atoms with Gasteiger partial charge in [-0.1, -0.05) is 6.92 Å². The molecule has 1 amide bonds. The number of carbonyl (C=O) groups is 1. The molecule has 0 rings (SSSR count). The number of amides is 1. The van der Waals surface area contributed by atoms with E-state index in [1.807, 2.05) is 6.92 Å². The van der Waals surface area contributed by atoms with Gasteiger partial charge in [-0.05, 0) is 19.4 Å². The van der Waals surface area contributed by atoms with Crippen molar-refractivity contribution in [2.24, 2.45) is 0 Å². The van der Waals surface area contributed by atoms with Crippen molar-refractivity contribution in [3.05, 3.63) is 0 Å². The van der Waals surface area contributed by atoms with Crippen LogP contribution in [0.25, 0.3) is 0 Å². The third-order valence-corrected chi connectivity index (χ3v) is 1.89. The molecule has 0 aromatic heterocycles. The molecule has 1 atom stereocenters. The van der Waals surface area contributed by atoms with Crippen LogP contribution < -0.4 is 10.6 Å². The van der Waals surface area contributed by atoms with E-state index < -0.39 is 0 Å². The first-order valence-corrected chi connectivity index (χ1v) is 4.80. The number of nitrogens with one attached hydrogen (secondary N) is 2. The Morgan fingerprint density at radius 2 is 2.23 bits per heavy atom. The van der Waals surface area contributed by atoms with E-state index in [2.05, 4.69) is 10.6 Å². The van der Waals surface area contributed by atoms with Crippen LogP contribution in [-0.4, -0.2) is 37.3 Å². The second kappa shape index (κ2) is 8.01. The highest BCUT2D eigenvalue weighted by Crippen LogP contribution is 1.89. The molecule has 0 aliphatic rings. The van der Waals surface area contributed by atoms with E-state index in [4.69, 9.17) is 0 Å². The smallest absolute Gasteiger partial charge is 0.219 e. The minimum atomic E-state index is -0.264. The molecule has 0 aromatic carbocycles. The predicted octanol–water partition coefficient (Wildman–Crippen LogP) is -0.127. The lowest BCUT2D eigenvalue weighted by Gasteiger charge is -2.08. The van der Waals surface area contributed by atoms with Crippen LogP contribution in [0.4, 0.5) is 0 Å². The molecular weight excluding hydrogens is 168 g/mol. The molecule has 78 valence electrons. The highest BCUT2D eigenvalue weighted by molar-refractivity contribution is 5.75. The Morgan fingerprint density at radius 1 is 1.54 bits per heavy atom. The van der Waals surface area contributed by atoms with Crippen LogP contribution in [0, 0.1) is 0 Å². The summed E-state index contributed by atoms with van der Waals surface area (Å²) in [6.07, 6.45) is 1.87. The maximum Gasteiger partial charge on any atom is 0.219 e. The quantitative estimate of drug-likeness (QED) is 0.488. The van der Waals surface area contributed by atoms with E-state index in [1.165, 1.54) is 0 Å². The average molecular weight is 188 g/mol. The SMILES string of the molecule is CCC(O)CNCCCC(=O)NC. The van der Waals surface area contributed by atoms with E-state index in [1.54, 1.807) is 7.05 Å². The normalized spacial score (nSPS) is 12.5. The second-order valence-corrected chi connectivity index (χ2v) is 3.04. The number of rotatable bonds is 7. The molecule has 0 fully saturated rings. The summed E-state index contributed by atoms with van der Waals surface area (Å²) in [6, 6.07) is 0. The molecule has 4 heteroatoms. The lowest BCUT2D eigenvalue weighted by Crippen LogP contribution is -2.28. The van der Waals surface area contributed by atoms with E-state index in [-0.39, 0.29) is 12.0 Å². The van der Waals surface area contributed by atoms with Crippen LogP contribution in [-0.2, 0) is 4.79 Å². The molecule has 0 aliphatic carbocycles. The number of aliphatic hydroxyl groups is 1. The molecule has 0 bridgehead atoms. The molecule has 0 aliphatic heterocycles. The van der Waals surface area contributed by atoms with Gasteiger partial charge >= 0.3 is 0 Å². The topological polar surface area (TPSA) is 61.4 Å². The summed E-state index contributed by atoms with van der Waals surface area (Å²) in [7, 11) is 1.64. The Labute approximate surface area is 79.7 Å².